The van der Waals surface area contributed by atoms with Crippen LogP contribution in [0.5, 0.6) is 0 Å². The summed E-state index contributed by atoms with van der Waals surface area (Å²) in [6, 6.07) is -0.247. The summed E-state index contributed by atoms with van der Waals surface area (Å²) in [7, 11) is 0. The number of aromatic nitrogens is 2. The second-order valence-electron chi connectivity index (χ2n) is 5.07. The first kappa shape index (κ1) is 14.6. The second kappa shape index (κ2) is 6.07. The molecule has 1 amide bonds. The van der Waals surface area contributed by atoms with Crippen molar-refractivity contribution in [2.24, 2.45) is 5.73 Å². The lowest BCUT2D eigenvalue weighted by atomic mass is 10.2. The molecule has 1 atom stereocenters. The van der Waals surface area contributed by atoms with Gasteiger partial charge in [-0.25, -0.2) is 9.97 Å². The molecule has 3 N–H and O–H groups in total. The van der Waals surface area contributed by atoms with Crippen LogP contribution in [0.4, 0.5) is 11.6 Å². The van der Waals surface area contributed by atoms with E-state index in [4.69, 9.17) is 5.73 Å². The summed E-state index contributed by atoms with van der Waals surface area (Å²) in [5.74, 6) is 2.21. The number of anilines is 2. The van der Waals surface area contributed by atoms with E-state index in [1.807, 2.05) is 25.7 Å². The molecule has 0 radical (unpaired) electrons. The third kappa shape index (κ3) is 2.69. The first-order valence-corrected chi connectivity index (χ1v) is 7.25. The summed E-state index contributed by atoms with van der Waals surface area (Å²) in [6.07, 6.45) is 2.53. The summed E-state index contributed by atoms with van der Waals surface area (Å²) in [5, 5.41) is 3.26. The Hall–Kier alpha value is -1.85. The van der Waals surface area contributed by atoms with Gasteiger partial charge in [-0.15, -0.1) is 0 Å². The molecule has 0 aliphatic carbocycles. The van der Waals surface area contributed by atoms with E-state index in [2.05, 4.69) is 15.3 Å². The molecule has 0 aromatic carbocycles. The van der Waals surface area contributed by atoms with Crippen LogP contribution in [0.25, 0.3) is 0 Å². The van der Waals surface area contributed by atoms with Crippen LogP contribution in [0.15, 0.2) is 0 Å². The van der Waals surface area contributed by atoms with E-state index in [9.17, 15) is 4.79 Å². The summed E-state index contributed by atoms with van der Waals surface area (Å²) < 4.78 is 0. The number of hydrogen-bond acceptors (Lipinski definition) is 5. The number of nitrogens with two attached hydrogens (primary N) is 1. The maximum atomic E-state index is 11.6. The highest BCUT2D eigenvalue weighted by Crippen LogP contribution is 2.29. The molecule has 110 valence electrons. The minimum atomic E-state index is -0.274. The lowest BCUT2D eigenvalue weighted by Crippen LogP contribution is -2.41. The van der Waals surface area contributed by atoms with Crippen molar-refractivity contribution in [2.75, 3.05) is 23.3 Å². The highest BCUT2D eigenvalue weighted by atomic mass is 16.1. The Morgan fingerprint density at radius 3 is 2.80 bits per heavy atom. The fraction of sp³-hybridized carbons (Fsp3) is 0.643. The van der Waals surface area contributed by atoms with Crippen molar-refractivity contribution in [3.8, 4) is 0 Å². The molecular formula is C14H23N5O. The van der Waals surface area contributed by atoms with Crippen molar-refractivity contribution in [2.45, 2.75) is 46.1 Å². The van der Waals surface area contributed by atoms with Gasteiger partial charge in [0, 0.05) is 25.1 Å². The Morgan fingerprint density at radius 2 is 2.20 bits per heavy atom. The van der Waals surface area contributed by atoms with E-state index in [1.165, 1.54) is 0 Å². The molecule has 1 saturated heterocycles. The highest BCUT2D eigenvalue weighted by molar-refractivity contribution is 5.84. The molecule has 2 rings (SSSR count). The maximum Gasteiger partial charge on any atom is 0.240 e. The fourth-order valence-corrected chi connectivity index (χ4v) is 2.64. The van der Waals surface area contributed by atoms with Gasteiger partial charge in [0.2, 0.25) is 5.91 Å². The molecule has 0 bridgehead atoms. The molecule has 1 aromatic heterocycles. The van der Waals surface area contributed by atoms with E-state index in [0.717, 1.165) is 55.4 Å². The van der Waals surface area contributed by atoms with Crippen LogP contribution in [0, 0.1) is 6.92 Å². The topological polar surface area (TPSA) is 84.1 Å². The predicted molar refractivity (Wildman–Crippen MR) is 79.9 cm³/mol. The molecule has 1 aromatic rings. The number of amides is 1. The maximum absolute atomic E-state index is 11.6. The lowest BCUT2D eigenvalue weighted by Gasteiger charge is -2.26. The molecule has 6 nitrogen and oxygen atoms in total. The van der Waals surface area contributed by atoms with Crippen LogP contribution in [0.2, 0.25) is 0 Å². The van der Waals surface area contributed by atoms with Gasteiger partial charge in [-0.05, 0) is 26.7 Å². The van der Waals surface area contributed by atoms with Gasteiger partial charge in [-0.1, -0.05) is 6.92 Å². The number of aryl methyl sites for hydroxylation is 1. The van der Waals surface area contributed by atoms with Gasteiger partial charge in [0.15, 0.2) is 0 Å². The number of hydrogen-bond donors (Lipinski definition) is 2. The first-order valence-electron chi connectivity index (χ1n) is 7.25. The van der Waals surface area contributed by atoms with Crippen molar-refractivity contribution < 1.29 is 4.79 Å². The minimum Gasteiger partial charge on any atom is -0.370 e. The van der Waals surface area contributed by atoms with E-state index in [0.29, 0.717) is 0 Å². The van der Waals surface area contributed by atoms with Crippen LogP contribution in [0.1, 0.15) is 38.1 Å². The molecular weight excluding hydrogens is 254 g/mol. The Morgan fingerprint density at radius 1 is 1.45 bits per heavy atom. The molecule has 2 heterocycles. The largest absolute Gasteiger partial charge is 0.370 e. The van der Waals surface area contributed by atoms with Crippen LogP contribution in [-0.2, 0) is 11.2 Å². The van der Waals surface area contributed by atoms with Crippen molar-refractivity contribution in [1.82, 2.24) is 9.97 Å². The zero-order valence-corrected chi connectivity index (χ0v) is 12.4. The fourth-order valence-electron chi connectivity index (χ4n) is 2.64. The average Bonchev–Trinajstić information content (AvgIpc) is 2.90. The minimum absolute atomic E-state index is 0.247. The number of carbonyl (C=O) groups is 1. The number of nitrogens with one attached hydrogen (secondary N) is 1. The number of rotatable bonds is 5. The monoisotopic (exact) mass is 277 g/mol. The normalized spacial score (nSPS) is 18.4. The Bertz CT molecular complexity index is 503. The van der Waals surface area contributed by atoms with Gasteiger partial charge in [0.25, 0.3) is 0 Å². The number of primary amides is 1. The smallest absolute Gasteiger partial charge is 0.240 e. The van der Waals surface area contributed by atoms with Crippen LogP contribution >= 0.6 is 0 Å². The van der Waals surface area contributed by atoms with E-state index >= 15 is 0 Å². The number of nitrogens with zero attached hydrogens (tertiary/aromatic N) is 3. The molecule has 1 aliphatic heterocycles. The van der Waals surface area contributed by atoms with Crippen molar-refractivity contribution >= 4 is 17.5 Å². The van der Waals surface area contributed by atoms with E-state index < -0.39 is 0 Å². The molecule has 20 heavy (non-hydrogen) atoms. The molecule has 0 spiro atoms. The molecule has 1 fully saturated rings. The standard InChI is InChI=1S/C14H23N5O/c1-4-11-17-13(16-5-2)9(3)14(18-11)19-8-6-7-10(19)12(15)20/h10H,4-8H2,1-3H3,(H2,15,20)(H,16,17,18). The van der Waals surface area contributed by atoms with Crippen LogP contribution in [-0.4, -0.2) is 35.0 Å². The Labute approximate surface area is 119 Å². The van der Waals surface area contributed by atoms with Gasteiger partial charge in [-0.3, -0.25) is 4.79 Å². The summed E-state index contributed by atoms with van der Waals surface area (Å²) in [5.41, 5.74) is 6.49. The molecule has 1 aliphatic rings. The lowest BCUT2D eigenvalue weighted by molar-refractivity contribution is -0.119. The molecule has 1 unspecified atom stereocenters. The van der Waals surface area contributed by atoms with E-state index in [1.54, 1.807) is 0 Å². The van der Waals surface area contributed by atoms with Crippen LogP contribution in [0.3, 0.4) is 0 Å². The molecule has 0 saturated carbocycles. The van der Waals surface area contributed by atoms with Gasteiger partial charge < -0.3 is 16.0 Å². The SMILES string of the molecule is CCNc1nc(CC)nc(N2CCCC2C(N)=O)c1C. The van der Waals surface area contributed by atoms with Crippen LogP contribution < -0.4 is 16.0 Å². The molecule has 6 heteroatoms. The quantitative estimate of drug-likeness (QED) is 0.845. The highest BCUT2D eigenvalue weighted by Gasteiger charge is 2.31. The van der Waals surface area contributed by atoms with Crippen molar-refractivity contribution in [1.29, 1.82) is 0 Å². The average molecular weight is 277 g/mol. The van der Waals surface area contributed by atoms with Gasteiger partial charge in [-0.2, -0.15) is 0 Å². The zero-order chi connectivity index (χ0) is 14.7. The first-order chi connectivity index (χ1) is 9.58. The summed E-state index contributed by atoms with van der Waals surface area (Å²) in [4.78, 5) is 22.7. The van der Waals surface area contributed by atoms with E-state index in [-0.39, 0.29) is 11.9 Å². The number of carbonyl (C=O) groups excluding carboxylic acids is 1. The van der Waals surface area contributed by atoms with Gasteiger partial charge in [0.05, 0.1) is 0 Å². The second-order valence-corrected chi connectivity index (χ2v) is 5.07. The third-order valence-electron chi connectivity index (χ3n) is 3.68. The summed E-state index contributed by atoms with van der Waals surface area (Å²) >= 11 is 0. The third-order valence-corrected chi connectivity index (χ3v) is 3.68. The van der Waals surface area contributed by atoms with Crippen molar-refractivity contribution in [3.05, 3.63) is 11.4 Å². The van der Waals surface area contributed by atoms with Gasteiger partial charge in [0.1, 0.15) is 23.5 Å². The predicted octanol–water partition coefficient (Wildman–Crippen LogP) is 1.23. The summed E-state index contributed by atoms with van der Waals surface area (Å²) in [6.45, 7) is 7.68. The Kier molecular flexibility index (Phi) is 4.42. The Balaban J connectivity index is 2.44. The van der Waals surface area contributed by atoms with Crippen molar-refractivity contribution in [3.63, 3.8) is 0 Å². The zero-order valence-electron chi connectivity index (χ0n) is 12.4. The van der Waals surface area contributed by atoms with Gasteiger partial charge >= 0.3 is 0 Å².